The topological polar surface area (TPSA) is 72.5 Å². The molecule has 13 heavy (non-hydrogen) atoms. The molecule has 0 aromatic rings. The summed E-state index contributed by atoms with van der Waals surface area (Å²) in [5, 5.41) is 9.77. The van der Waals surface area contributed by atoms with Crippen molar-refractivity contribution in [3.05, 3.63) is 0 Å². The van der Waals surface area contributed by atoms with Gasteiger partial charge in [-0.3, -0.25) is 4.79 Å². The fourth-order valence-electron chi connectivity index (χ4n) is 1.94. The average Bonchev–Trinajstić information content (AvgIpc) is 2.13. The van der Waals surface area contributed by atoms with Gasteiger partial charge in [-0.05, 0) is 19.8 Å². The smallest absolute Gasteiger partial charge is 0.314 e. The molecule has 0 heterocycles. The molecule has 0 unspecified atom stereocenters. The summed E-state index contributed by atoms with van der Waals surface area (Å²) in [5.74, 6) is -0.366. The van der Waals surface area contributed by atoms with Gasteiger partial charge in [0.15, 0.2) is 0 Å². The molecule has 0 radical (unpaired) electrons. The highest BCUT2D eigenvalue weighted by Crippen LogP contribution is 2.36. The fraction of sp³-hybridized carbons (Fsp3) is 0.889. The van der Waals surface area contributed by atoms with Gasteiger partial charge >= 0.3 is 5.97 Å². The van der Waals surface area contributed by atoms with E-state index in [2.05, 4.69) is 4.74 Å². The van der Waals surface area contributed by atoms with Crippen LogP contribution in [-0.2, 0) is 9.53 Å². The molecule has 0 aromatic heterocycles. The Morgan fingerprint density at radius 3 is 2.85 bits per heavy atom. The van der Waals surface area contributed by atoms with E-state index in [1.165, 1.54) is 7.11 Å². The number of carbonyl (C=O) groups is 1. The average molecular weight is 187 g/mol. The number of hydrogen-bond donors (Lipinski definition) is 2. The summed E-state index contributed by atoms with van der Waals surface area (Å²) < 4.78 is 4.66. The number of hydrogen-bond acceptors (Lipinski definition) is 4. The molecule has 0 spiro atoms. The molecule has 0 aliphatic heterocycles. The van der Waals surface area contributed by atoms with Crippen molar-refractivity contribution in [3.63, 3.8) is 0 Å². The van der Waals surface area contributed by atoms with Crippen LogP contribution in [-0.4, -0.2) is 30.3 Å². The lowest BCUT2D eigenvalue weighted by molar-refractivity contribution is -0.163. The first-order chi connectivity index (χ1) is 6.02. The van der Waals surface area contributed by atoms with Crippen LogP contribution in [0.5, 0.6) is 0 Å². The minimum Gasteiger partial charge on any atom is -0.469 e. The van der Waals surface area contributed by atoms with Gasteiger partial charge in [-0.1, -0.05) is 6.42 Å². The lowest BCUT2D eigenvalue weighted by atomic mass is 9.71. The third-order valence-corrected chi connectivity index (χ3v) is 2.94. The Labute approximate surface area is 78.1 Å². The normalized spacial score (nSPS) is 40.0. The molecule has 4 heteroatoms. The lowest BCUT2D eigenvalue weighted by Gasteiger charge is -2.39. The van der Waals surface area contributed by atoms with Gasteiger partial charge < -0.3 is 15.6 Å². The number of nitrogens with two attached hydrogens (primary N) is 1. The first kappa shape index (κ1) is 10.5. The number of rotatable bonds is 1. The van der Waals surface area contributed by atoms with Crippen molar-refractivity contribution in [1.29, 1.82) is 0 Å². The van der Waals surface area contributed by atoms with E-state index in [1.807, 2.05) is 0 Å². The van der Waals surface area contributed by atoms with Gasteiger partial charge in [-0.2, -0.15) is 0 Å². The molecule has 1 fully saturated rings. The van der Waals surface area contributed by atoms with E-state index >= 15 is 0 Å². The van der Waals surface area contributed by atoms with Crippen LogP contribution >= 0.6 is 0 Å². The van der Waals surface area contributed by atoms with Crippen LogP contribution in [0.25, 0.3) is 0 Å². The van der Waals surface area contributed by atoms with Gasteiger partial charge in [0.05, 0.1) is 18.6 Å². The van der Waals surface area contributed by atoms with Crippen molar-refractivity contribution < 1.29 is 14.6 Å². The highest BCUT2D eigenvalue weighted by molar-refractivity contribution is 5.77. The van der Waals surface area contributed by atoms with Crippen LogP contribution < -0.4 is 5.73 Å². The quantitative estimate of drug-likeness (QED) is 0.568. The lowest BCUT2D eigenvalue weighted by Crippen LogP contribution is -2.53. The van der Waals surface area contributed by atoms with E-state index in [0.717, 1.165) is 12.8 Å². The van der Waals surface area contributed by atoms with E-state index in [4.69, 9.17) is 5.73 Å². The Hall–Kier alpha value is -0.610. The number of methoxy groups -OCH3 is 1. The zero-order valence-electron chi connectivity index (χ0n) is 8.12. The van der Waals surface area contributed by atoms with Crippen molar-refractivity contribution in [3.8, 4) is 0 Å². The second kappa shape index (κ2) is 3.64. The Morgan fingerprint density at radius 1 is 1.69 bits per heavy atom. The minimum absolute atomic E-state index is 0.308. The summed E-state index contributed by atoms with van der Waals surface area (Å²) in [6.45, 7) is 1.71. The zero-order chi connectivity index (χ0) is 10.1. The molecule has 0 bridgehead atoms. The van der Waals surface area contributed by atoms with Gasteiger partial charge in [0.25, 0.3) is 0 Å². The van der Waals surface area contributed by atoms with Crippen LogP contribution in [0.3, 0.4) is 0 Å². The van der Waals surface area contributed by atoms with Crippen LogP contribution in [0.2, 0.25) is 0 Å². The number of aliphatic hydroxyl groups excluding tert-OH is 1. The summed E-state index contributed by atoms with van der Waals surface area (Å²) in [4.78, 5) is 11.4. The summed E-state index contributed by atoms with van der Waals surface area (Å²) in [7, 11) is 1.33. The van der Waals surface area contributed by atoms with Gasteiger partial charge in [0.1, 0.15) is 0 Å². The predicted molar refractivity (Wildman–Crippen MR) is 48.0 cm³/mol. The molecule has 0 saturated heterocycles. The van der Waals surface area contributed by atoms with Crippen molar-refractivity contribution >= 4 is 5.97 Å². The van der Waals surface area contributed by atoms with Crippen molar-refractivity contribution in [1.82, 2.24) is 0 Å². The summed E-state index contributed by atoms with van der Waals surface area (Å²) in [6.07, 6.45) is 1.50. The first-order valence-corrected chi connectivity index (χ1v) is 4.54. The largest absolute Gasteiger partial charge is 0.469 e. The number of ether oxygens (including phenoxy) is 1. The molecule has 1 saturated carbocycles. The molecule has 3 N–H and O–H groups in total. The van der Waals surface area contributed by atoms with Crippen molar-refractivity contribution in [2.75, 3.05) is 7.11 Å². The molecule has 0 amide bonds. The number of aliphatic hydroxyl groups is 1. The van der Waals surface area contributed by atoms with E-state index in [9.17, 15) is 9.90 Å². The molecular formula is C9H17NO3. The third-order valence-electron chi connectivity index (χ3n) is 2.94. The maximum absolute atomic E-state index is 11.4. The number of esters is 1. The molecule has 1 aliphatic rings. The molecule has 1 rings (SSSR count). The summed E-state index contributed by atoms with van der Waals surface area (Å²) in [6, 6.07) is -0.308. The second-order valence-electron chi connectivity index (χ2n) is 3.91. The van der Waals surface area contributed by atoms with Crippen LogP contribution in [0.15, 0.2) is 0 Å². The number of carbonyl (C=O) groups excluding carboxylic acids is 1. The molecule has 1 aliphatic carbocycles. The molecule has 76 valence electrons. The summed E-state index contributed by atoms with van der Waals surface area (Å²) >= 11 is 0. The maximum atomic E-state index is 11.4. The van der Waals surface area contributed by atoms with Crippen molar-refractivity contribution in [2.24, 2.45) is 11.1 Å². The Morgan fingerprint density at radius 2 is 2.31 bits per heavy atom. The van der Waals surface area contributed by atoms with Gasteiger partial charge in [0, 0.05) is 6.04 Å². The Balaban J connectivity index is 2.80. The Kier molecular flexibility index (Phi) is 2.93. The second-order valence-corrected chi connectivity index (χ2v) is 3.91. The third kappa shape index (κ3) is 1.69. The van der Waals surface area contributed by atoms with E-state index in [-0.39, 0.29) is 12.0 Å². The Bertz CT molecular complexity index is 207. The predicted octanol–water partition coefficient (Wildman–Crippen LogP) is 0.0378. The molecular weight excluding hydrogens is 170 g/mol. The standard InChI is InChI=1S/C9H17NO3/c1-9(8(12)13-2)5-3-4-6(10)7(9)11/h6-7,11H,3-5,10H2,1-2H3/t6-,7+,9-/m0/s1. The van der Waals surface area contributed by atoms with Gasteiger partial charge in [-0.25, -0.2) is 0 Å². The summed E-state index contributed by atoms with van der Waals surface area (Å²) in [5.41, 5.74) is 4.88. The highest BCUT2D eigenvalue weighted by atomic mass is 16.5. The first-order valence-electron chi connectivity index (χ1n) is 4.54. The van der Waals surface area contributed by atoms with Crippen LogP contribution in [0.4, 0.5) is 0 Å². The SMILES string of the molecule is COC(=O)[C@@]1(C)CCC[C@H](N)[C@H]1O. The molecule has 0 aromatic carbocycles. The van der Waals surface area contributed by atoms with E-state index in [1.54, 1.807) is 6.92 Å². The van der Waals surface area contributed by atoms with Crippen LogP contribution in [0.1, 0.15) is 26.2 Å². The zero-order valence-corrected chi connectivity index (χ0v) is 8.12. The monoisotopic (exact) mass is 187 g/mol. The van der Waals surface area contributed by atoms with Crippen molar-refractivity contribution in [2.45, 2.75) is 38.3 Å². The highest BCUT2D eigenvalue weighted by Gasteiger charge is 2.46. The van der Waals surface area contributed by atoms with E-state index in [0.29, 0.717) is 6.42 Å². The minimum atomic E-state index is -0.813. The maximum Gasteiger partial charge on any atom is 0.314 e. The van der Waals surface area contributed by atoms with Crippen LogP contribution in [0, 0.1) is 5.41 Å². The van der Waals surface area contributed by atoms with E-state index < -0.39 is 11.5 Å². The van der Waals surface area contributed by atoms with Gasteiger partial charge in [-0.15, -0.1) is 0 Å². The fourth-order valence-corrected chi connectivity index (χ4v) is 1.94. The molecule has 4 nitrogen and oxygen atoms in total. The van der Waals surface area contributed by atoms with Gasteiger partial charge in [0.2, 0.25) is 0 Å². The molecule has 3 atom stereocenters.